The van der Waals surface area contributed by atoms with Crippen molar-refractivity contribution < 1.29 is 4.79 Å². The number of carbonyl (C=O) groups excluding carboxylic acids is 1. The van der Waals surface area contributed by atoms with Crippen LogP contribution in [0.2, 0.25) is 0 Å². The molecule has 0 spiro atoms. The molecule has 0 aliphatic heterocycles. The van der Waals surface area contributed by atoms with Crippen molar-refractivity contribution in [2.75, 3.05) is 6.54 Å². The molecule has 1 amide bonds. The van der Waals surface area contributed by atoms with Gasteiger partial charge in [0.05, 0.1) is 0 Å². The Morgan fingerprint density at radius 1 is 1.29 bits per heavy atom. The third-order valence-electron chi connectivity index (χ3n) is 2.56. The highest BCUT2D eigenvalue weighted by Crippen LogP contribution is 2.23. The Hall–Kier alpha value is -0.530. The zero-order valence-electron chi connectivity index (χ0n) is 10.1. The van der Waals surface area contributed by atoms with Crippen molar-refractivity contribution in [3.8, 4) is 0 Å². The minimum Gasteiger partial charge on any atom is -0.356 e. The second-order valence-electron chi connectivity index (χ2n) is 4.05. The maximum absolute atomic E-state index is 11.2. The van der Waals surface area contributed by atoms with Gasteiger partial charge in [-0.05, 0) is 18.8 Å². The lowest BCUT2D eigenvalue weighted by molar-refractivity contribution is -0.124. The summed E-state index contributed by atoms with van der Waals surface area (Å²) in [7, 11) is 0. The average molecular weight is 199 g/mol. The van der Waals surface area contributed by atoms with E-state index in [4.69, 9.17) is 0 Å². The molecule has 84 valence electrons. The number of amides is 1. The lowest BCUT2D eigenvalue weighted by Gasteiger charge is -2.11. The van der Waals surface area contributed by atoms with Crippen LogP contribution in [-0.2, 0) is 4.79 Å². The summed E-state index contributed by atoms with van der Waals surface area (Å²) in [6.45, 7) is 8.77. The van der Waals surface area contributed by atoms with Crippen molar-refractivity contribution >= 4 is 5.91 Å². The van der Waals surface area contributed by atoms with E-state index in [2.05, 4.69) is 5.32 Å². The summed E-state index contributed by atoms with van der Waals surface area (Å²) < 4.78 is 0. The summed E-state index contributed by atoms with van der Waals surface area (Å²) >= 11 is 0. The molecule has 0 aromatic heterocycles. The predicted octanol–water partition coefficient (Wildman–Crippen LogP) is 2.98. The van der Waals surface area contributed by atoms with Crippen LogP contribution < -0.4 is 5.32 Å². The van der Waals surface area contributed by atoms with E-state index >= 15 is 0 Å². The van der Waals surface area contributed by atoms with Gasteiger partial charge in [0.1, 0.15) is 0 Å². The Balaban J connectivity index is 0.000000791. The molecule has 2 heteroatoms. The van der Waals surface area contributed by atoms with Gasteiger partial charge in [-0.25, -0.2) is 0 Å². The molecule has 0 radical (unpaired) electrons. The highest BCUT2D eigenvalue weighted by molar-refractivity contribution is 5.77. The molecule has 2 nitrogen and oxygen atoms in total. The Labute approximate surface area is 88.5 Å². The molecule has 1 rings (SSSR count). The van der Waals surface area contributed by atoms with Crippen LogP contribution in [0.3, 0.4) is 0 Å². The lowest BCUT2D eigenvalue weighted by atomic mass is 10.1. The SMILES string of the molecule is CC.CC(C)C(=O)NCC1CCCC1. The van der Waals surface area contributed by atoms with Gasteiger partial charge in [-0.1, -0.05) is 40.5 Å². The van der Waals surface area contributed by atoms with Crippen LogP contribution in [0.25, 0.3) is 0 Å². The van der Waals surface area contributed by atoms with E-state index in [1.807, 2.05) is 27.7 Å². The standard InChI is InChI=1S/C10H19NO.C2H6/c1-8(2)10(12)11-7-9-5-3-4-6-9;1-2/h8-9H,3-7H2,1-2H3,(H,11,12);1-2H3. The smallest absolute Gasteiger partial charge is 0.222 e. The van der Waals surface area contributed by atoms with Gasteiger partial charge in [-0.15, -0.1) is 0 Å². The normalized spacial score (nSPS) is 16.4. The summed E-state index contributed by atoms with van der Waals surface area (Å²) in [5.41, 5.74) is 0. The highest BCUT2D eigenvalue weighted by atomic mass is 16.1. The number of nitrogens with one attached hydrogen (secondary N) is 1. The van der Waals surface area contributed by atoms with E-state index in [9.17, 15) is 4.79 Å². The van der Waals surface area contributed by atoms with Gasteiger partial charge in [0, 0.05) is 12.5 Å². The van der Waals surface area contributed by atoms with E-state index in [0.717, 1.165) is 12.5 Å². The van der Waals surface area contributed by atoms with Crippen LogP contribution in [0.1, 0.15) is 53.4 Å². The van der Waals surface area contributed by atoms with Crippen molar-refractivity contribution in [3.63, 3.8) is 0 Å². The first-order valence-corrected chi connectivity index (χ1v) is 5.98. The minimum absolute atomic E-state index is 0.131. The summed E-state index contributed by atoms with van der Waals surface area (Å²) in [5.74, 6) is 1.08. The van der Waals surface area contributed by atoms with Gasteiger partial charge in [0.25, 0.3) is 0 Å². The molecule has 1 aliphatic rings. The maximum atomic E-state index is 11.2. The van der Waals surface area contributed by atoms with Crippen LogP contribution in [0.15, 0.2) is 0 Å². The fourth-order valence-corrected chi connectivity index (χ4v) is 1.66. The van der Waals surface area contributed by atoms with Gasteiger partial charge < -0.3 is 5.32 Å². The molecular weight excluding hydrogens is 174 g/mol. The second-order valence-corrected chi connectivity index (χ2v) is 4.05. The molecule has 1 aliphatic carbocycles. The van der Waals surface area contributed by atoms with Gasteiger partial charge in [-0.3, -0.25) is 4.79 Å². The van der Waals surface area contributed by atoms with E-state index < -0.39 is 0 Å². The number of hydrogen-bond donors (Lipinski definition) is 1. The van der Waals surface area contributed by atoms with Gasteiger partial charge in [-0.2, -0.15) is 0 Å². The van der Waals surface area contributed by atoms with Crippen molar-refractivity contribution in [1.82, 2.24) is 5.32 Å². The summed E-state index contributed by atoms with van der Waals surface area (Å²) in [5, 5.41) is 2.99. The Bertz CT molecular complexity index is 148. The van der Waals surface area contributed by atoms with E-state index in [1.165, 1.54) is 25.7 Å². The molecule has 0 heterocycles. The summed E-state index contributed by atoms with van der Waals surface area (Å²) in [6.07, 6.45) is 5.31. The first-order chi connectivity index (χ1) is 6.70. The minimum atomic E-state index is 0.131. The second kappa shape index (κ2) is 7.84. The van der Waals surface area contributed by atoms with Crippen LogP contribution in [-0.4, -0.2) is 12.5 Å². The molecule has 0 saturated heterocycles. The molecule has 0 aromatic carbocycles. The van der Waals surface area contributed by atoms with Crippen molar-refractivity contribution in [2.24, 2.45) is 11.8 Å². The quantitative estimate of drug-likeness (QED) is 0.744. The molecule has 0 bridgehead atoms. The molecule has 1 N–H and O–H groups in total. The van der Waals surface area contributed by atoms with Gasteiger partial charge in [0.15, 0.2) is 0 Å². The largest absolute Gasteiger partial charge is 0.356 e. The van der Waals surface area contributed by atoms with Crippen LogP contribution in [0, 0.1) is 11.8 Å². The number of hydrogen-bond acceptors (Lipinski definition) is 1. The fourth-order valence-electron chi connectivity index (χ4n) is 1.66. The molecule has 1 fully saturated rings. The first-order valence-electron chi connectivity index (χ1n) is 5.98. The van der Waals surface area contributed by atoms with Crippen LogP contribution in [0.4, 0.5) is 0 Å². The summed E-state index contributed by atoms with van der Waals surface area (Å²) in [6, 6.07) is 0. The van der Waals surface area contributed by atoms with Crippen molar-refractivity contribution in [2.45, 2.75) is 53.4 Å². The van der Waals surface area contributed by atoms with Crippen molar-refractivity contribution in [1.29, 1.82) is 0 Å². The number of rotatable bonds is 3. The molecule has 0 aromatic rings. The highest BCUT2D eigenvalue weighted by Gasteiger charge is 2.16. The van der Waals surface area contributed by atoms with Gasteiger partial charge >= 0.3 is 0 Å². The average Bonchev–Trinajstić information content (AvgIpc) is 2.69. The third kappa shape index (κ3) is 5.25. The Morgan fingerprint density at radius 3 is 2.21 bits per heavy atom. The van der Waals surface area contributed by atoms with E-state index in [-0.39, 0.29) is 11.8 Å². The van der Waals surface area contributed by atoms with Crippen molar-refractivity contribution in [3.05, 3.63) is 0 Å². The molecular formula is C12H25NO. The molecule has 0 unspecified atom stereocenters. The van der Waals surface area contributed by atoms with Crippen LogP contribution >= 0.6 is 0 Å². The molecule has 0 atom stereocenters. The zero-order valence-corrected chi connectivity index (χ0v) is 10.1. The molecule has 14 heavy (non-hydrogen) atoms. The molecule has 1 saturated carbocycles. The predicted molar refractivity (Wildman–Crippen MR) is 61.2 cm³/mol. The van der Waals surface area contributed by atoms with Crippen LogP contribution in [0.5, 0.6) is 0 Å². The van der Waals surface area contributed by atoms with Gasteiger partial charge in [0.2, 0.25) is 5.91 Å². The lowest BCUT2D eigenvalue weighted by Crippen LogP contribution is -2.31. The summed E-state index contributed by atoms with van der Waals surface area (Å²) in [4.78, 5) is 11.2. The Kier molecular flexibility index (Phi) is 7.54. The Morgan fingerprint density at radius 2 is 1.79 bits per heavy atom. The number of carbonyl (C=O) groups is 1. The van der Waals surface area contributed by atoms with E-state index in [1.54, 1.807) is 0 Å². The third-order valence-corrected chi connectivity index (χ3v) is 2.56. The zero-order chi connectivity index (χ0) is 11.0. The topological polar surface area (TPSA) is 29.1 Å². The first kappa shape index (κ1) is 13.5. The monoisotopic (exact) mass is 199 g/mol. The maximum Gasteiger partial charge on any atom is 0.222 e. The van der Waals surface area contributed by atoms with E-state index in [0.29, 0.717) is 0 Å². The fraction of sp³-hybridized carbons (Fsp3) is 0.917.